The second-order valence-electron chi connectivity index (χ2n) is 7.16. The molecule has 0 bridgehead atoms. The van der Waals surface area contributed by atoms with Crippen LogP contribution < -0.4 is 10.2 Å². The number of hydrogen-bond acceptors (Lipinski definition) is 5. The van der Waals surface area contributed by atoms with Crippen LogP contribution in [0.1, 0.15) is 48.7 Å². The number of nitrogens with zero attached hydrogens (tertiary/aromatic N) is 3. The summed E-state index contributed by atoms with van der Waals surface area (Å²) < 4.78 is 0. The van der Waals surface area contributed by atoms with Gasteiger partial charge in [0.2, 0.25) is 5.95 Å². The number of ketones is 1. The Morgan fingerprint density at radius 1 is 1.12 bits per heavy atom. The molecule has 1 unspecified atom stereocenters. The van der Waals surface area contributed by atoms with Gasteiger partial charge in [0.25, 0.3) is 0 Å². The van der Waals surface area contributed by atoms with E-state index in [-0.39, 0.29) is 5.78 Å². The summed E-state index contributed by atoms with van der Waals surface area (Å²) in [5.74, 6) is 2.23. The van der Waals surface area contributed by atoms with Gasteiger partial charge in [-0.25, -0.2) is 4.98 Å². The van der Waals surface area contributed by atoms with Gasteiger partial charge in [-0.05, 0) is 43.7 Å². The van der Waals surface area contributed by atoms with E-state index in [1.807, 2.05) is 30.3 Å². The first-order valence-electron chi connectivity index (χ1n) is 9.22. The molecule has 1 aromatic carbocycles. The Balaban J connectivity index is 1.74. The van der Waals surface area contributed by atoms with Crippen molar-refractivity contribution in [2.24, 2.45) is 5.92 Å². The summed E-state index contributed by atoms with van der Waals surface area (Å²) >= 11 is 0. The number of nitrogens with one attached hydrogen (secondary N) is 1. The van der Waals surface area contributed by atoms with Crippen molar-refractivity contribution < 1.29 is 4.79 Å². The van der Waals surface area contributed by atoms with Crippen molar-refractivity contribution in [1.82, 2.24) is 9.97 Å². The molecule has 25 heavy (non-hydrogen) atoms. The van der Waals surface area contributed by atoms with Crippen molar-refractivity contribution in [2.45, 2.75) is 39.0 Å². The minimum atomic E-state index is 0.151. The summed E-state index contributed by atoms with van der Waals surface area (Å²) in [6.07, 6.45) is 4.74. The highest BCUT2D eigenvalue weighted by Gasteiger charge is 2.27. The summed E-state index contributed by atoms with van der Waals surface area (Å²) in [6, 6.07) is 9.91. The normalized spacial score (nSPS) is 20.3. The maximum atomic E-state index is 12.5. The standard InChI is InChI=1S/C20H24N4O/c1-14-7-6-12-24(13-14)20-22-16-10-5-11-17(25)18(16)19(23-20)21-15-8-3-2-4-9-15/h2-4,8-9,14H,5-7,10-13H2,1H3,(H,21,22,23). The number of fused-ring (bicyclic) bond motifs is 1. The fourth-order valence-electron chi connectivity index (χ4n) is 3.77. The highest BCUT2D eigenvalue weighted by molar-refractivity contribution is 6.03. The predicted octanol–water partition coefficient (Wildman–Crippen LogP) is 3.98. The van der Waals surface area contributed by atoms with Gasteiger partial charge < -0.3 is 10.2 Å². The zero-order valence-electron chi connectivity index (χ0n) is 14.7. The van der Waals surface area contributed by atoms with Crippen molar-refractivity contribution in [3.05, 3.63) is 41.6 Å². The smallest absolute Gasteiger partial charge is 0.227 e. The molecule has 1 aliphatic heterocycles. The molecular weight excluding hydrogens is 312 g/mol. The van der Waals surface area contributed by atoms with Gasteiger partial charge in [0.1, 0.15) is 5.82 Å². The van der Waals surface area contributed by atoms with Crippen LogP contribution in [-0.2, 0) is 6.42 Å². The van der Waals surface area contributed by atoms with Gasteiger partial charge in [0.05, 0.1) is 11.3 Å². The van der Waals surface area contributed by atoms with Gasteiger partial charge in [-0.1, -0.05) is 25.1 Å². The van der Waals surface area contributed by atoms with Crippen molar-refractivity contribution in [2.75, 3.05) is 23.3 Å². The van der Waals surface area contributed by atoms with Crippen molar-refractivity contribution in [3.63, 3.8) is 0 Å². The van der Waals surface area contributed by atoms with Crippen LogP contribution >= 0.6 is 0 Å². The largest absolute Gasteiger partial charge is 0.340 e. The molecule has 0 radical (unpaired) electrons. The predicted molar refractivity (Wildman–Crippen MR) is 99.6 cm³/mol. The molecule has 130 valence electrons. The lowest BCUT2D eigenvalue weighted by molar-refractivity contribution is 0.0972. The van der Waals surface area contributed by atoms with Gasteiger partial charge in [-0.2, -0.15) is 4.98 Å². The summed E-state index contributed by atoms with van der Waals surface area (Å²) in [5, 5.41) is 3.35. The number of rotatable bonds is 3. The summed E-state index contributed by atoms with van der Waals surface area (Å²) in [4.78, 5) is 24.3. The first-order valence-corrected chi connectivity index (χ1v) is 9.22. The zero-order valence-corrected chi connectivity index (χ0v) is 14.7. The van der Waals surface area contributed by atoms with E-state index >= 15 is 0 Å². The van der Waals surface area contributed by atoms with Crippen LogP contribution in [0, 0.1) is 5.92 Å². The Labute approximate surface area is 148 Å². The molecule has 1 N–H and O–H groups in total. The minimum absolute atomic E-state index is 0.151. The first kappa shape index (κ1) is 16.1. The van der Waals surface area contributed by atoms with Gasteiger partial charge >= 0.3 is 0 Å². The molecule has 5 heteroatoms. The van der Waals surface area contributed by atoms with Crippen LogP contribution in [0.15, 0.2) is 30.3 Å². The third-order valence-corrected chi connectivity index (χ3v) is 5.04. The number of hydrogen-bond donors (Lipinski definition) is 1. The molecule has 1 atom stereocenters. The number of benzene rings is 1. The quantitative estimate of drug-likeness (QED) is 0.919. The van der Waals surface area contributed by atoms with E-state index in [1.165, 1.54) is 12.8 Å². The molecular formula is C20H24N4O. The maximum Gasteiger partial charge on any atom is 0.227 e. The van der Waals surface area contributed by atoms with E-state index in [9.17, 15) is 4.79 Å². The second kappa shape index (κ2) is 6.82. The van der Waals surface area contributed by atoms with Crippen molar-refractivity contribution >= 4 is 23.2 Å². The van der Waals surface area contributed by atoms with E-state index in [0.717, 1.165) is 43.3 Å². The van der Waals surface area contributed by atoms with Crippen molar-refractivity contribution in [3.8, 4) is 0 Å². The molecule has 1 aromatic heterocycles. The summed E-state index contributed by atoms with van der Waals surface area (Å²) in [7, 11) is 0. The molecule has 0 spiro atoms. The zero-order chi connectivity index (χ0) is 17.2. The Bertz CT molecular complexity index is 775. The van der Waals surface area contributed by atoms with E-state index in [2.05, 4.69) is 17.1 Å². The molecule has 2 aliphatic rings. The second-order valence-corrected chi connectivity index (χ2v) is 7.16. The lowest BCUT2D eigenvalue weighted by Gasteiger charge is -2.32. The number of aryl methyl sites for hydroxylation is 1. The third kappa shape index (κ3) is 3.36. The topological polar surface area (TPSA) is 58.1 Å². The van der Waals surface area contributed by atoms with Crippen molar-refractivity contribution in [1.29, 1.82) is 0 Å². The van der Waals surface area contributed by atoms with E-state index in [0.29, 0.717) is 23.7 Å². The average molecular weight is 336 g/mol. The van der Waals surface area contributed by atoms with Crippen LogP contribution in [0.25, 0.3) is 0 Å². The Morgan fingerprint density at radius 2 is 1.96 bits per heavy atom. The minimum Gasteiger partial charge on any atom is -0.340 e. The molecule has 5 nitrogen and oxygen atoms in total. The molecule has 4 rings (SSSR count). The molecule has 1 saturated heterocycles. The monoisotopic (exact) mass is 336 g/mol. The Hall–Kier alpha value is -2.43. The first-order chi connectivity index (χ1) is 12.2. The average Bonchev–Trinajstić information content (AvgIpc) is 2.62. The number of anilines is 3. The van der Waals surface area contributed by atoms with E-state index in [1.54, 1.807) is 0 Å². The Kier molecular flexibility index (Phi) is 4.38. The highest BCUT2D eigenvalue weighted by atomic mass is 16.1. The maximum absolute atomic E-state index is 12.5. The van der Waals surface area contributed by atoms with Crippen LogP contribution in [0.2, 0.25) is 0 Å². The number of piperidine rings is 1. The van der Waals surface area contributed by atoms with Crippen LogP contribution in [0.5, 0.6) is 0 Å². The Morgan fingerprint density at radius 3 is 2.76 bits per heavy atom. The van der Waals surface area contributed by atoms with Gasteiger partial charge in [-0.3, -0.25) is 4.79 Å². The number of carbonyl (C=O) groups excluding carboxylic acids is 1. The van der Waals surface area contributed by atoms with Gasteiger partial charge in [0, 0.05) is 25.2 Å². The van der Waals surface area contributed by atoms with Crippen LogP contribution in [0.3, 0.4) is 0 Å². The molecule has 0 amide bonds. The number of carbonyl (C=O) groups is 1. The summed E-state index contributed by atoms with van der Waals surface area (Å²) in [5.41, 5.74) is 2.53. The molecule has 1 fully saturated rings. The van der Waals surface area contributed by atoms with E-state index < -0.39 is 0 Å². The molecule has 2 heterocycles. The molecule has 0 saturated carbocycles. The number of aromatic nitrogens is 2. The molecule has 1 aliphatic carbocycles. The van der Waals surface area contributed by atoms with Crippen LogP contribution in [0.4, 0.5) is 17.5 Å². The fourth-order valence-corrected chi connectivity index (χ4v) is 3.77. The SMILES string of the molecule is CC1CCCN(c2nc3c(c(Nc4ccccc4)n2)C(=O)CCC3)C1. The lowest BCUT2D eigenvalue weighted by Crippen LogP contribution is -2.36. The van der Waals surface area contributed by atoms with Gasteiger partial charge in [-0.15, -0.1) is 0 Å². The van der Waals surface area contributed by atoms with Crippen LogP contribution in [-0.4, -0.2) is 28.8 Å². The third-order valence-electron chi connectivity index (χ3n) is 5.04. The van der Waals surface area contributed by atoms with E-state index in [4.69, 9.17) is 9.97 Å². The fraction of sp³-hybridized carbons (Fsp3) is 0.450. The summed E-state index contributed by atoms with van der Waals surface area (Å²) in [6.45, 7) is 4.25. The highest BCUT2D eigenvalue weighted by Crippen LogP contribution is 2.31. The number of Topliss-reactive ketones (excluding diaryl/α,β-unsaturated/α-hetero) is 1. The number of para-hydroxylation sites is 1. The lowest BCUT2D eigenvalue weighted by atomic mass is 9.95. The van der Waals surface area contributed by atoms with Gasteiger partial charge in [0.15, 0.2) is 5.78 Å². The molecule has 2 aromatic rings.